The minimum atomic E-state index is 0.0376. The predicted molar refractivity (Wildman–Crippen MR) is 80.8 cm³/mol. The molecule has 1 unspecified atom stereocenters. The van der Waals surface area contributed by atoms with Crippen molar-refractivity contribution in [1.29, 1.82) is 0 Å². The van der Waals surface area contributed by atoms with E-state index in [-0.39, 0.29) is 6.23 Å². The van der Waals surface area contributed by atoms with E-state index in [4.69, 9.17) is 16.3 Å². The number of aryl methyl sites for hydroxylation is 1. The molecule has 3 nitrogen and oxygen atoms in total. The maximum absolute atomic E-state index is 6.30. The molecule has 1 saturated heterocycles. The van der Waals surface area contributed by atoms with Crippen LogP contribution in [-0.2, 0) is 4.74 Å². The van der Waals surface area contributed by atoms with E-state index in [0.717, 1.165) is 51.1 Å². The van der Waals surface area contributed by atoms with Gasteiger partial charge in [-0.05, 0) is 60.7 Å². The van der Waals surface area contributed by atoms with Gasteiger partial charge in [0, 0.05) is 21.5 Å². The Labute approximate surface area is 126 Å². The van der Waals surface area contributed by atoms with Gasteiger partial charge < -0.3 is 4.74 Å². The zero-order valence-corrected chi connectivity index (χ0v) is 13.4. The summed E-state index contributed by atoms with van der Waals surface area (Å²) in [6, 6.07) is 1.99. The van der Waals surface area contributed by atoms with E-state index in [0.29, 0.717) is 0 Å². The number of rotatable bonds is 1. The predicted octanol–water partition coefficient (Wildman–Crippen LogP) is 4.77. The molecule has 2 heterocycles. The quantitative estimate of drug-likeness (QED) is 0.746. The molecule has 0 aliphatic carbocycles. The summed E-state index contributed by atoms with van der Waals surface area (Å²) in [7, 11) is 0. The Hall–Kier alpha value is -0.580. The summed E-state index contributed by atoms with van der Waals surface area (Å²) >= 11 is 9.94. The molecule has 0 spiro atoms. The van der Waals surface area contributed by atoms with Gasteiger partial charge >= 0.3 is 0 Å². The molecule has 19 heavy (non-hydrogen) atoms. The molecule has 0 N–H and O–H groups in total. The summed E-state index contributed by atoms with van der Waals surface area (Å²) in [4.78, 5) is 0. The van der Waals surface area contributed by atoms with Crippen LogP contribution < -0.4 is 0 Å². The molecule has 102 valence electrons. The van der Waals surface area contributed by atoms with Gasteiger partial charge in [-0.2, -0.15) is 5.10 Å². The van der Waals surface area contributed by atoms with E-state index in [1.807, 2.05) is 24.6 Å². The summed E-state index contributed by atoms with van der Waals surface area (Å²) in [5, 5.41) is 6.56. The molecule has 5 heteroatoms. The number of aromatic nitrogens is 2. The maximum atomic E-state index is 6.30. The molecule has 3 rings (SSSR count). The second kappa shape index (κ2) is 5.08. The van der Waals surface area contributed by atoms with Crippen molar-refractivity contribution in [2.24, 2.45) is 0 Å². The van der Waals surface area contributed by atoms with Crippen LogP contribution >= 0.6 is 27.5 Å². The third-order valence-corrected chi connectivity index (χ3v) is 5.11. The topological polar surface area (TPSA) is 27.1 Å². The first-order valence-corrected chi connectivity index (χ1v) is 7.71. The molecule has 0 saturated carbocycles. The molecule has 2 aromatic rings. The number of hydrogen-bond donors (Lipinski definition) is 0. The third kappa shape index (κ3) is 2.20. The van der Waals surface area contributed by atoms with Crippen LogP contribution in [0.5, 0.6) is 0 Å². The van der Waals surface area contributed by atoms with Gasteiger partial charge in [0.25, 0.3) is 0 Å². The smallest absolute Gasteiger partial charge is 0.150 e. The van der Waals surface area contributed by atoms with Crippen molar-refractivity contribution in [2.45, 2.75) is 39.3 Å². The highest BCUT2D eigenvalue weighted by Gasteiger charge is 2.22. The number of benzene rings is 1. The Bertz CT molecular complexity index is 632. The number of nitrogens with zero attached hydrogens (tertiary/aromatic N) is 2. The zero-order chi connectivity index (χ0) is 13.6. The minimum Gasteiger partial charge on any atom is -0.356 e. The Balaban J connectivity index is 2.21. The van der Waals surface area contributed by atoms with Crippen LogP contribution in [0.15, 0.2) is 10.5 Å². The third-order valence-electron chi connectivity index (χ3n) is 3.72. The van der Waals surface area contributed by atoms with Crippen LogP contribution in [0.1, 0.15) is 36.7 Å². The number of halogens is 2. The Kier molecular flexibility index (Phi) is 3.58. The zero-order valence-electron chi connectivity index (χ0n) is 11.0. The molecule has 0 amide bonds. The van der Waals surface area contributed by atoms with Gasteiger partial charge in [0.1, 0.15) is 0 Å². The molecular formula is C14H16BrClN2O. The molecule has 1 atom stereocenters. The number of hydrogen-bond acceptors (Lipinski definition) is 2. The summed E-state index contributed by atoms with van der Waals surface area (Å²) in [5.41, 5.74) is 3.11. The number of ether oxygens (including phenoxy) is 1. The highest BCUT2D eigenvalue weighted by atomic mass is 79.9. The fourth-order valence-corrected chi connectivity index (χ4v) is 3.65. The van der Waals surface area contributed by atoms with Crippen molar-refractivity contribution in [3.63, 3.8) is 0 Å². The van der Waals surface area contributed by atoms with Gasteiger partial charge in [-0.1, -0.05) is 11.6 Å². The van der Waals surface area contributed by atoms with Crippen LogP contribution in [-0.4, -0.2) is 16.4 Å². The highest BCUT2D eigenvalue weighted by molar-refractivity contribution is 9.10. The van der Waals surface area contributed by atoms with Crippen molar-refractivity contribution in [3.8, 4) is 0 Å². The van der Waals surface area contributed by atoms with Crippen LogP contribution in [0.3, 0.4) is 0 Å². The van der Waals surface area contributed by atoms with Crippen molar-refractivity contribution in [1.82, 2.24) is 9.78 Å². The fraction of sp³-hybridized carbons (Fsp3) is 0.500. The first-order valence-electron chi connectivity index (χ1n) is 6.54. The lowest BCUT2D eigenvalue weighted by atomic mass is 10.1. The Morgan fingerprint density at radius 1 is 1.42 bits per heavy atom. The molecule has 1 aromatic carbocycles. The van der Waals surface area contributed by atoms with E-state index in [1.165, 1.54) is 6.42 Å². The van der Waals surface area contributed by atoms with Gasteiger partial charge in [-0.3, -0.25) is 0 Å². The minimum absolute atomic E-state index is 0.0376. The Morgan fingerprint density at radius 2 is 2.21 bits per heavy atom. The first kappa shape index (κ1) is 13.4. The molecular weight excluding hydrogens is 328 g/mol. The van der Waals surface area contributed by atoms with Crippen molar-refractivity contribution in [3.05, 3.63) is 26.8 Å². The van der Waals surface area contributed by atoms with Crippen molar-refractivity contribution >= 4 is 38.4 Å². The van der Waals surface area contributed by atoms with E-state index < -0.39 is 0 Å². The summed E-state index contributed by atoms with van der Waals surface area (Å²) in [5.74, 6) is 0. The second-order valence-corrected chi connectivity index (χ2v) is 6.24. The molecule has 1 aliphatic rings. The standard InChI is InChI=1S/C14H16BrClN2O/c1-8-10(16)7-11-13(14(8)15)9(2)17-18(11)12-5-3-4-6-19-12/h7,12H,3-6H2,1-2H3. The van der Waals surface area contributed by atoms with E-state index in [1.54, 1.807) is 0 Å². The average molecular weight is 344 g/mol. The van der Waals surface area contributed by atoms with Gasteiger partial charge in [0.2, 0.25) is 0 Å². The Morgan fingerprint density at radius 3 is 2.89 bits per heavy atom. The van der Waals surface area contributed by atoms with Crippen LogP contribution in [0.2, 0.25) is 5.02 Å². The van der Waals surface area contributed by atoms with Gasteiger partial charge in [-0.25, -0.2) is 4.68 Å². The normalized spacial score (nSPS) is 20.1. The molecule has 1 aromatic heterocycles. The van der Waals surface area contributed by atoms with E-state index >= 15 is 0 Å². The maximum Gasteiger partial charge on any atom is 0.150 e. The molecule has 0 bridgehead atoms. The van der Waals surface area contributed by atoms with Gasteiger partial charge in [-0.15, -0.1) is 0 Å². The van der Waals surface area contributed by atoms with Gasteiger partial charge in [0.15, 0.2) is 6.23 Å². The van der Waals surface area contributed by atoms with Gasteiger partial charge in [0.05, 0.1) is 11.2 Å². The summed E-state index contributed by atoms with van der Waals surface area (Å²) < 4.78 is 8.86. The summed E-state index contributed by atoms with van der Waals surface area (Å²) in [6.45, 7) is 4.85. The van der Waals surface area contributed by atoms with E-state index in [9.17, 15) is 0 Å². The summed E-state index contributed by atoms with van der Waals surface area (Å²) in [6.07, 6.45) is 3.37. The SMILES string of the molecule is Cc1c(Cl)cc2c(c(C)nn2C2CCCCO2)c1Br. The lowest BCUT2D eigenvalue weighted by molar-refractivity contribution is -0.0368. The highest BCUT2D eigenvalue weighted by Crippen LogP contribution is 2.37. The fourth-order valence-electron chi connectivity index (χ4n) is 2.63. The lowest BCUT2D eigenvalue weighted by Gasteiger charge is -2.23. The molecule has 1 fully saturated rings. The van der Waals surface area contributed by atoms with Crippen molar-refractivity contribution in [2.75, 3.05) is 6.61 Å². The lowest BCUT2D eigenvalue weighted by Crippen LogP contribution is -2.19. The van der Waals surface area contributed by atoms with Crippen LogP contribution in [0.25, 0.3) is 10.9 Å². The molecule has 0 radical (unpaired) electrons. The molecule has 1 aliphatic heterocycles. The average Bonchev–Trinajstić information content (AvgIpc) is 2.74. The number of fused-ring (bicyclic) bond motifs is 1. The largest absolute Gasteiger partial charge is 0.356 e. The first-order chi connectivity index (χ1) is 9.09. The monoisotopic (exact) mass is 342 g/mol. The van der Waals surface area contributed by atoms with Crippen LogP contribution in [0, 0.1) is 13.8 Å². The second-order valence-electron chi connectivity index (χ2n) is 5.04. The van der Waals surface area contributed by atoms with Crippen molar-refractivity contribution < 1.29 is 4.74 Å². The van der Waals surface area contributed by atoms with E-state index in [2.05, 4.69) is 21.0 Å². The van der Waals surface area contributed by atoms with Crippen LogP contribution in [0.4, 0.5) is 0 Å².